The van der Waals surface area contributed by atoms with Gasteiger partial charge in [0.25, 0.3) is 5.91 Å². The fraction of sp³-hybridized carbons (Fsp3) is 0.211. The highest BCUT2D eigenvalue weighted by molar-refractivity contribution is 8.00. The van der Waals surface area contributed by atoms with Gasteiger partial charge in [-0.05, 0) is 43.3 Å². The summed E-state index contributed by atoms with van der Waals surface area (Å²) >= 11 is 1.45. The highest BCUT2D eigenvalue weighted by Crippen LogP contribution is 2.36. The first kappa shape index (κ1) is 18.8. The van der Waals surface area contributed by atoms with E-state index in [0.717, 1.165) is 4.90 Å². The Morgan fingerprint density at radius 2 is 1.93 bits per heavy atom. The van der Waals surface area contributed by atoms with Gasteiger partial charge < -0.3 is 20.7 Å². The molecule has 1 aliphatic heterocycles. The van der Waals surface area contributed by atoms with Crippen LogP contribution in [0.2, 0.25) is 0 Å². The van der Waals surface area contributed by atoms with Crippen molar-refractivity contribution in [3.8, 4) is 5.75 Å². The molecule has 0 aromatic heterocycles. The number of ether oxygens (including phenoxy) is 1. The first-order chi connectivity index (χ1) is 12.9. The molecule has 3 amide bonds. The second-order valence-electron chi connectivity index (χ2n) is 6.01. The minimum absolute atomic E-state index is 0.0882. The molecule has 140 valence electrons. The molecule has 0 fully saturated rings. The highest BCUT2D eigenvalue weighted by Gasteiger charge is 2.24. The van der Waals surface area contributed by atoms with Crippen molar-refractivity contribution in [2.75, 3.05) is 23.1 Å². The standard InChI is InChI=1S/C19H19N3O4S/c1-10-18(24)22-15-8-12(4-7-17(15)27-10)19(25)21-14-9-13(20-11(2)23)5-6-16(14)26-3/h4-10H,1-3H3,(H,20,23)(H,21,25)(H,22,24)/t10-/m0/s1. The number of fused-ring (bicyclic) bond motifs is 1. The number of carbonyl (C=O) groups is 3. The van der Waals surface area contributed by atoms with Gasteiger partial charge >= 0.3 is 0 Å². The van der Waals surface area contributed by atoms with Crippen molar-refractivity contribution in [1.29, 1.82) is 0 Å². The van der Waals surface area contributed by atoms with Gasteiger partial charge in [-0.15, -0.1) is 11.8 Å². The van der Waals surface area contributed by atoms with Crippen molar-refractivity contribution >= 4 is 46.5 Å². The third-order valence-electron chi connectivity index (χ3n) is 3.94. The molecule has 7 nitrogen and oxygen atoms in total. The first-order valence-electron chi connectivity index (χ1n) is 8.26. The molecule has 0 saturated heterocycles. The minimum Gasteiger partial charge on any atom is -0.495 e. The molecule has 1 atom stereocenters. The number of benzene rings is 2. The average Bonchev–Trinajstić information content (AvgIpc) is 2.62. The first-order valence-corrected chi connectivity index (χ1v) is 9.14. The maximum atomic E-state index is 12.7. The van der Waals surface area contributed by atoms with Crippen LogP contribution < -0.4 is 20.7 Å². The second kappa shape index (κ2) is 7.71. The average molecular weight is 385 g/mol. The van der Waals surface area contributed by atoms with Crippen molar-refractivity contribution < 1.29 is 19.1 Å². The van der Waals surface area contributed by atoms with Gasteiger partial charge in [0.1, 0.15) is 5.75 Å². The normalized spacial score (nSPS) is 15.4. The monoisotopic (exact) mass is 385 g/mol. The van der Waals surface area contributed by atoms with Gasteiger partial charge in [0, 0.05) is 23.1 Å². The van der Waals surface area contributed by atoms with E-state index in [2.05, 4.69) is 16.0 Å². The van der Waals surface area contributed by atoms with Crippen LogP contribution in [-0.4, -0.2) is 30.1 Å². The molecule has 0 aliphatic carbocycles. The molecule has 1 aliphatic rings. The number of amides is 3. The molecule has 27 heavy (non-hydrogen) atoms. The molecule has 0 spiro atoms. The Morgan fingerprint density at radius 3 is 2.63 bits per heavy atom. The Balaban J connectivity index is 1.84. The summed E-state index contributed by atoms with van der Waals surface area (Å²) in [6, 6.07) is 10.1. The van der Waals surface area contributed by atoms with Gasteiger partial charge in [-0.2, -0.15) is 0 Å². The van der Waals surface area contributed by atoms with E-state index in [9.17, 15) is 14.4 Å². The number of methoxy groups -OCH3 is 1. The van der Waals surface area contributed by atoms with Gasteiger partial charge in [0.05, 0.1) is 23.7 Å². The van der Waals surface area contributed by atoms with Gasteiger partial charge in [-0.25, -0.2) is 0 Å². The van der Waals surface area contributed by atoms with Crippen molar-refractivity contribution in [3.63, 3.8) is 0 Å². The smallest absolute Gasteiger partial charge is 0.255 e. The molecule has 0 radical (unpaired) electrons. The lowest BCUT2D eigenvalue weighted by Gasteiger charge is -2.21. The summed E-state index contributed by atoms with van der Waals surface area (Å²) in [6.07, 6.45) is 0. The molecule has 1 heterocycles. The van der Waals surface area contributed by atoms with Crippen molar-refractivity contribution in [2.24, 2.45) is 0 Å². The Kier molecular flexibility index (Phi) is 5.36. The number of anilines is 3. The topological polar surface area (TPSA) is 96.5 Å². The number of carbonyl (C=O) groups excluding carboxylic acids is 3. The minimum atomic E-state index is -0.353. The quantitative estimate of drug-likeness (QED) is 0.750. The van der Waals surface area contributed by atoms with Gasteiger partial charge in [-0.3, -0.25) is 14.4 Å². The summed E-state index contributed by atoms with van der Waals surface area (Å²) in [5, 5.41) is 8.09. The Bertz CT molecular complexity index is 929. The third-order valence-corrected chi connectivity index (χ3v) is 5.12. The van der Waals surface area contributed by atoms with E-state index in [1.165, 1.54) is 25.8 Å². The van der Waals surface area contributed by atoms with Crippen LogP contribution in [-0.2, 0) is 9.59 Å². The molecule has 2 aromatic carbocycles. The summed E-state index contributed by atoms with van der Waals surface area (Å²) in [5.41, 5.74) is 1.99. The van der Waals surface area contributed by atoms with E-state index >= 15 is 0 Å². The van der Waals surface area contributed by atoms with Crippen LogP contribution in [0.15, 0.2) is 41.3 Å². The molecule has 3 N–H and O–H groups in total. The maximum Gasteiger partial charge on any atom is 0.255 e. The van der Waals surface area contributed by atoms with E-state index in [1.54, 1.807) is 30.3 Å². The number of nitrogens with one attached hydrogen (secondary N) is 3. The Labute approximate surface area is 160 Å². The Hall–Kier alpha value is -3.00. The predicted molar refractivity (Wildman–Crippen MR) is 106 cm³/mol. The predicted octanol–water partition coefficient (Wildman–Crippen LogP) is 3.34. The number of hydrogen-bond donors (Lipinski definition) is 3. The third kappa shape index (κ3) is 4.22. The Morgan fingerprint density at radius 1 is 1.15 bits per heavy atom. The van der Waals surface area contributed by atoms with E-state index in [0.29, 0.717) is 28.4 Å². The van der Waals surface area contributed by atoms with Crippen LogP contribution in [0.3, 0.4) is 0 Å². The van der Waals surface area contributed by atoms with E-state index in [-0.39, 0.29) is 23.0 Å². The fourth-order valence-electron chi connectivity index (χ4n) is 2.63. The van der Waals surface area contributed by atoms with Crippen molar-refractivity contribution in [1.82, 2.24) is 0 Å². The zero-order valence-electron chi connectivity index (χ0n) is 15.1. The summed E-state index contributed by atoms with van der Waals surface area (Å²) in [7, 11) is 1.50. The van der Waals surface area contributed by atoms with Crippen LogP contribution in [0.1, 0.15) is 24.2 Å². The van der Waals surface area contributed by atoms with Crippen LogP contribution in [0.5, 0.6) is 5.75 Å². The number of rotatable bonds is 4. The number of hydrogen-bond acceptors (Lipinski definition) is 5. The molecule has 0 unspecified atom stereocenters. The molecule has 2 aromatic rings. The van der Waals surface area contributed by atoms with Crippen LogP contribution in [0.25, 0.3) is 0 Å². The van der Waals surface area contributed by atoms with Gasteiger partial charge in [0.15, 0.2) is 0 Å². The molecular formula is C19H19N3O4S. The highest BCUT2D eigenvalue weighted by atomic mass is 32.2. The van der Waals surface area contributed by atoms with E-state index in [4.69, 9.17) is 4.74 Å². The van der Waals surface area contributed by atoms with Crippen molar-refractivity contribution in [2.45, 2.75) is 24.0 Å². The van der Waals surface area contributed by atoms with Crippen LogP contribution in [0.4, 0.5) is 17.1 Å². The summed E-state index contributed by atoms with van der Waals surface area (Å²) in [6.45, 7) is 3.24. The zero-order valence-corrected chi connectivity index (χ0v) is 15.9. The fourth-order valence-corrected chi connectivity index (χ4v) is 3.56. The van der Waals surface area contributed by atoms with Gasteiger partial charge in [0.2, 0.25) is 11.8 Å². The second-order valence-corrected chi connectivity index (χ2v) is 7.39. The zero-order chi connectivity index (χ0) is 19.6. The maximum absolute atomic E-state index is 12.7. The lowest BCUT2D eigenvalue weighted by molar-refractivity contribution is -0.115. The van der Waals surface area contributed by atoms with Crippen molar-refractivity contribution in [3.05, 3.63) is 42.0 Å². The molecule has 8 heteroatoms. The van der Waals surface area contributed by atoms with E-state index < -0.39 is 0 Å². The van der Waals surface area contributed by atoms with Crippen LogP contribution >= 0.6 is 11.8 Å². The number of thioether (sulfide) groups is 1. The molecular weight excluding hydrogens is 366 g/mol. The SMILES string of the molecule is COc1ccc(NC(C)=O)cc1NC(=O)c1ccc2c(c1)NC(=O)[C@H](C)S2. The molecule has 0 bridgehead atoms. The lowest BCUT2D eigenvalue weighted by Crippen LogP contribution is -2.26. The van der Waals surface area contributed by atoms with Crippen LogP contribution in [0, 0.1) is 0 Å². The lowest BCUT2D eigenvalue weighted by atomic mass is 10.1. The molecule has 0 saturated carbocycles. The summed E-state index contributed by atoms with van der Waals surface area (Å²) < 4.78 is 5.27. The van der Waals surface area contributed by atoms with E-state index in [1.807, 2.05) is 13.0 Å². The summed E-state index contributed by atoms with van der Waals surface area (Å²) in [4.78, 5) is 36.7. The molecule has 3 rings (SSSR count). The van der Waals surface area contributed by atoms with Gasteiger partial charge in [-0.1, -0.05) is 0 Å². The largest absolute Gasteiger partial charge is 0.495 e. The summed E-state index contributed by atoms with van der Waals surface area (Å²) in [5.74, 6) is -0.189.